The number of hydrogen-bond acceptors (Lipinski definition) is 9. The van der Waals surface area contributed by atoms with Crippen LogP contribution in [0.5, 0.6) is 0 Å². The Balaban J connectivity index is 1.74. The maximum atomic E-state index is 12.6. The van der Waals surface area contributed by atoms with Gasteiger partial charge in [-0.2, -0.15) is 0 Å². The van der Waals surface area contributed by atoms with Crippen LogP contribution < -0.4 is 0 Å². The first kappa shape index (κ1) is 36.1. The zero-order valence-corrected chi connectivity index (χ0v) is 29.7. The van der Waals surface area contributed by atoms with Crippen LogP contribution in [0.3, 0.4) is 0 Å². The molecule has 0 aromatic heterocycles. The fraction of sp³-hybridized carbons (Fsp3) is 0.917. The van der Waals surface area contributed by atoms with Crippen LogP contribution in [-0.2, 0) is 38.1 Å². The minimum absolute atomic E-state index is 0.0590. The van der Waals surface area contributed by atoms with E-state index in [1.807, 2.05) is 27.7 Å². The lowest BCUT2D eigenvalue weighted by Crippen LogP contribution is -2.60. The van der Waals surface area contributed by atoms with Gasteiger partial charge in [-0.3, -0.25) is 14.4 Å². The van der Waals surface area contributed by atoms with Crippen molar-refractivity contribution in [2.24, 2.45) is 22.7 Å². The second-order valence-electron chi connectivity index (χ2n) is 16.7. The summed E-state index contributed by atoms with van der Waals surface area (Å²) in [6.45, 7) is 20.9. The van der Waals surface area contributed by atoms with Crippen LogP contribution in [0.2, 0.25) is 0 Å². The van der Waals surface area contributed by atoms with Crippen LogP contribution in [0, 0.1) is 22.7 Å². The van der Waals surface area contributed by atoms with E-state index in [9.17, 15) is 19.5 Å². The molecule has 9 nitrogen and oxygen atoms in total. The van der Waals surface area contributed by atoms with E-state index in [-0.39, 0.29) is 58.9 Å². The second kappa shape index (κ2) is 12.4. The van der Waals surface area contributed by atoms with Crippen LogP contribution in [-0.4, -0.2) is 69.8 Å². The Bertz CT molecular complexity index is 1130. The van der Waals surface area contributed by atoms with Crippen molar-refractivity contribution in [3.63, 3.8) is 0 Å². The summed E-state index contributed by atoms with van der Waals surface area (Å²) in [7, 11) is 0. The Hall–Kier alpha value is -1.71. The number of carbonyl (C=O) groups excluding carboxylic acids is 3. The van der Waals surface area contributed by atoms with Crippen molar-refractivity contribution in [3.05, 3.63) is 0 Å². The molecule has 0 amide bonds. The number of esters is 3. The summed E-state index contributed by atoms with van der Waals surface area (Å²) in [4.78, 5) is 37.1. The largest absolute Gasteiger partial charge is 0.460 e. The van der Waals surface area contributed by atoms with E-state index in [0.717, 1.165) is 32.1 Å². The number of aliphatic hydroxyl groups excluding tert-OH is 1. The molecule has 4 fully saturated rings. The molecule has 0 radical (unpaired) electrons. The van der Waals surface area contributed by atoms with Gasteiger partial charge in [-0.25, -0.2) is 0 Å². The molecule has 0 aromatic rings. The minimum atomic E-state index is -0.725. The quantitative estimate of drug-likeness (QED) is 0.259. The van der Waals surface area contributed by atoms with Crippen LogP contribution >= 0.6 is 0 Å². The predicted molar refractivity (Wildman–Crippen MR) is 169 cm³/mol. The topological polar surface area (TPSA) is 118 Å². The molecule has 2 aliphatic carbocycles. The number of carbonyl (C=O) groups is 3. The van der Waals surface area contributed by atoms with E-state index < -0.39 is 28.5 Å². The lowest BCUT2D eigenvalue weighted by molar-refractivity contribution is -0.230. The molecule has 9 heteroatoms. The molecule has 2 saturated heterocycles. The smallest absolute Gasteiger partial charge is 0.303 e. The molecular weight excluding hydrogens is 576 g/mol. The summed E-state index contributed by atoms with van der Waals surface area (Å²) in [6, 6.07) is 0. The molecule has 0 spiro atoms. The van der Waals surface area contributed by atoms with Gasteiger partial charge in [0, 0.05) is 43.4 Å². The summed E-state index contributed by atoms with van der Waals surface area (Å²) in [5.74, 6) is -1.06. The first-order chi connectivity index (χ1) is 20.6. The van der Waals surface area contributed by atoms with Crippen molar-refractivity contribution in [3.8, 4) is 0 Å². The van der Waals surface area contributed by atoms with Crippen molar-refractivity contribution >= 4 is 17.9 Å². The van der Waals surface area contributed by atoms with E-state index in [2.05, 4.69) is 27.7 Å². The summed E-state index contributed by atoms with van der Waals surface area (Å²) >= 11 is 0. The lowest BCUT2D eigenvalue weighted by atomic mass is 9.53. The van der Waals surface area contributed by atoms with Gasteiger partial charge in [-0.15, -0.1) is 0 Å². The number of hydrogen-bond donors (Lipinski definition) is 1. The lowest BCUT2D eigenvalue weighted by Gasteiger charge is -2.58. The summed E-state index contributed by atoms with van der Waals surface area (Å²) in [5, 5.41) is 11.0. The van der Waals surface area contributed by atoms with Gasteiger partial charge in [0.25, 0.3) is 0 Å². The molecule has 2 heterocycles. The third kappa shape index (κ3) is 6.96. The molecule has 2 saturated carbocycles. The number of rotatable bonds is 6. The Morgan fingerprint density at radius 3 is 1.47 bits per heavy atom. The molecule has 2 aliphatic heterocycles. The molecular formula is C36H60O9. The van der Waals surface area contributed by atoms with E-state index >= 15 is 0 Å². The molecule has 4 unspecified atom stereocenters. The van der Waals surface area contributed by atoms with Gasteiger partial charge >= 0.3 is 17.9 Å². The zero-order chi connectivity index (χ0) is 33.8. The van der Waals surface area contributed by atoms with Crippen LogP contribution in [0.1, 0.15) is 140 Å². The maximum Gasteiger partial charge on any atom is 0.303 e. The molecule has 0 bridgehead atoms. The highest BCUT2D eigenvalue weighted by Crippen LogP contribution is 2.60. The zero-order valence-electron chi connectivity index (χ0n) is 29.7. The summed E-state index contributed by atoms with van der Waals surface area (Å²) in [6.07, 6.45) is 5.75. The molecule has 258 valence electrons. The number of fused-ring (bicyclic) bond motifs is 2. The van der Waals surface area contributed by atoms with Crippen molar-refractivity contribution in [2.45, 2.75) is 187 Å². The fourth-order valence-corrected chi connectivity index (χ4v) is 10.1. The van der Waals surface area contributed by atoms with Gasteiger partial charge in [0.15, 0.2) is 0 Å². The normalized spacial score (nSPS) is 44.3. The van der Waals surface area contributed by atoms with Gasteiger partial charge in [0.1, 0.15) is 17.3 Å². The van der Waals surface area contributed by atoms with Crippen molar-refractivity contribution in [2.75, 3.05) is 0 Å². The van der Waals surface area contributed by atoms with Crippen LogP contribution in [0.4, 0.5) is 0 Å². The van der Waals surface area contributed by atoms with Crippen LogP contribution in [0.25, 0.3) is 0 Å². The predicted octanol–water partition coefficient (Wildman–Crippen LogP) is 6.45. The fourth-order valence-electron chi connectivity index (χ4n) is 10.1. The van der Waals surface area contributed by atoms with E-state index in [1.165, 1.54) is 20.8 Å². The second-order valence-corrected chi connectivity index (χ2v) is 16.7. The average molecular weight is 637 g/mol. The molecule has 4 rings (SSSR count). The van der Waals surface area contributed by atoms with Gasteiger partial charge in [-0.05, 0) is 106 Å². The highest BCUT2D eigenvalue weighted by Gasteiger charge is 2.62. The Kier molecular flexibility index (Phi) is 9.95. The summed E-state index contributed by atoms with van der Waals surface area (Å²) in [5.41, 5.74) is -3.52. The average Bonchev–Trinajstić information content (AvgIpc) is 3.04. The first-order valence-corrected chi connectivity index (χ1v) is 17.2. The molecule has 4 aliphatic rings. The SMILES string of the molecule is CC(=O)OC1CC[C@]2(C)C(CC[C@@](C)(OC(C)=O)[C@H]2CCC2C3(C)CC[C@H](O)C(C)(C)O[C@H]3CC[C@]2(C)OC(C)=O)OC1(C)C. The Labute approximate surface area is 270 Å². The Morgan fingerprint density at radius 1 is 0.622 bits per heavy atom. The van der Waals surface area contributed by atoms with E-state index in [0.29, 0.717) is 32.1 Å². The number of aliphatic hydroxyl groups is 1. The van der Waals surface area contributed by atoms with Crippen molar-refractivity contribution in [1.82, 2.24) is 0 Å². The monoisotopic (exact) mass is 636 g/mol. The highest BCUT2D eigenvalue weighted by molar-refractivity contribution is 5.67. The number of ether oxygens (including phenoxy) is 5. The van der Waals surface area contributed by atoms with Crippen LogP contribution in [0.15, 0.2) is 0 Å². The Morgan fingerprint density at radius 2 is 1.04 bits per heavy atom. The third-order valence-electron chi connectivity index (χ3n) is 12.5. The van der Waals surface area contributed by atoms with E-state index in [4.69, 9.17) is 23.7 Å². The first-order valence-electron chi connectivity index (χ1n) is 17.2. The van der Waals surface area contributed by atoms with Crippen molar-refractivity contribution < 1.29 is 43.2 Å². The maximum absolute atomic E-state index is 12.6. The van der Waals surface area contributed by atoms with Gasteiger partial charge < -0.3 is 28.8 Å². The van der Waals surface area contributed by atoms with Crippen molar-refractivity contribution in [1.29, 1.82) is 0 Å². The minimum Gasteiger partial charge on any atom is -0.460 e. The van der Waals surface area contributed by atoms with Gasteiger partial charge in [0.05, 0.1) is 29.5 Å². The van der Waals surface area contributed by atoms with E-state index in [1.54, 1.807) is 0 Å². The highest BCUT2D eigenvalue weighted by atomic mass is 16.6. The van der Waals surface area contributed by atoms with Gasteiger partial charge in [0.2, 0.25) is 0 Å². The standard InChI is InChI=1S/C36H60O9/c1-22(37)41-28-15-19-34(9)26(36(11,43-24(3)39)21-17-30(34)45-32(28,6)7)13-12-25-33(8)18-14-27(40)31(4,5)44-29(33)16-20-35(25,10)42-23(2)38/h25-30,40H,12-21H2,1-11H3/t25?,26-,27-,28?,29-,30?,33?,34-,35-,36+/m0/s1. The molecule has 1 N–H and O–H groups in total. The molecule has 10 atom stereocenters. The molecule has 0 aromatic carbocycles. The summed E-state index contributed by atoms with van der Waals surface area (Å²) < 4.78 is 31.8. The molecule has 45 heavy (non-hydrogen) atoms. The van der Waals surface area contributed by atoms with Gasteiger partial charge in [-0.1, -0.05) is 13.8 Å². The third-order valence-corrected chi connectivity index (χ3v) is 12.5.